The van der Waals surface area contributed by atoms with Gasteiger partial charge in [0.05, 0.1) is 38.7 Å². The van der Waals surface area contributed by atoms with Gasteiger partial charge in [-0.3, -0.25) is 14.4 Å². The molecule has 2 N–H and O–H groups in total. The van der Waals surface area contributed by atoms with E-state index in [4.69, 9.17) is 14.2 Å². The zero-order valence-corrected chi connectivity index (χ0v) is 19.0. The van der Waals surface area contributed by atoms with Crippen molar-refractivity contribution in [3.05, 3.63) is 54.6 Å². The first-order valence-electron chi connectivity index (χ1n) is 10.9. The number of ether oxygens (including phenoxy) is 3. The number of nitrogens with one attached hydrogen (secondary N) is 2. The van der Waals surface area contributed by atoms with Gasteiger partial charge in [0.2, 0.25) is 17.7 Å². The van der Waals surface area contributed by atoms with Crippen LogP contribution in [0.3, 0.4) is 0 Å². The summed E-state index contributed by atoms with van der Waals surface area (Å²) in [6.45, 7) is 1.75. The van der Waals surface area contributed by atoms with Crippen LogP contribution in [0.5, 0.6) is 11.5 Å². The largest absolute Gasteiger partial charge is 0.497 e. The minimum absolute atomic E-state index is 0.164. The van der Waals surface area contributed by atoms with Gasteiger partial charge in [0, 0.05) is 42.2 Å². The molecule has 0 unspecified atom stereocenters. The van der Waals surface area contributed by atoms with Crippen LogP contribution in [0.1, 0.15) is 6.92 Å². The van der Waals surface area contributed by atoms with Gasteiger partial charge in [-0.15, -0.1) is 0 Å². The number of amides is 3. The first-order chi connectivity index (χ1) is 16.3. The number of rotatable bonds is 6. The molecule has 0 saturated carbocycles. The zero-order chi connectivity index (χ0) is 24.0. The molecular formula is C25H25N3O6. The number of methoxy groups -OCH3 is 2. The Hall–Kier alpha value is -3.85. The van der Waals surface area contributed by atoms with E-state index in [-0.39, 0.29) is 17.7 Å². The molecule has 2 aromatic rings. The molecule has 4 atom stereocenters. The number of hydrogen-bond acceptors (Lipinski definition) is 6. The Labute approximate surface area is 196 Å². The van der Waals surface area contributed by atoms with E-state index in [1.54, 1.807) is 47.4 Å². The fourth-order valence-electron chi connectivity index (χ4n) is 5.05. The lowest BCUT2D eigenvalue weighted by atomic mass is 9.77. The number of hydrogen-bond donors (Lipinski definition) is 2. The van der Waals surface area contributed by atoms with Crippen molar-refractivity contribution in [3.8, 4) is 11.5 Å². The number of benzene rings is 2. The second-order valence-corrected chi connectivity index (χ2v) is 8.64. The SMILES string of the molecule is COc1cc(NC(=O)[C@@H]2[C@@H]3C=C[C@@]4(CN(c5ccc(NC(C)=O)cc5)C(=O)[C@H]24)O3)cc(OC)c1. The minimum atomic E-state index is -0.841. The van der Waals surface area contributed by atoms with Crippen molar-refractivity contribution in [1.29, 1.82) is 0 Å². The van der Waals surface area contributed by atoms with Crippen molar-refractivity contribution in [3.63, 3.8) is 0 Å². The van der Waals surface area contributed by atoms with Crippen molar-refractivity contribution in [2.75, 3.05) is 36.3 Å². The third-order valence-corrected chi connectivity index (χ3v) is 6.52. The summed E-state index contributed by atoms with van der Waals surface area (Å²) in [5, 5.41) is 5.62. The van der Waals surface area contributed by atoms with E-state index >= 15 is 0 Å². The van der Waals surface area contributed by atoms with Crippen LogP contribution < -0.4 is 25.0 Å². The highest BCUT2D eigenvalue weighted by molar-refractivity contribution is 6.05. The van der Waals surface area contributed by atoms with Crippen molar-refractivity contribution in [2.45, 2.75) is 18.6 Å². The molecule has 2 saturated heterocycles. The summed E-state index contributed by atoms with van der Waals surface area (Å²) in [4.78, 5) is 39.8. The van der Waals surface area contributed by atoms with Crippen LogP contribution in [-0.4, -0.2) is 50.2 Å². The van der Waals surface area contributed by atoms with Crippen LogP contribution in [0.25, 0.3) is 0 Å². The number of nitrogens with zero attached hydrogens (tertiary/aromatic N) is 1. The fraction of sp³-hybridized carbons (Fsp3) is 0.320. The third kappa shape index (κ3) is 3.58. The molecule has 2 aromatic carbocycles. The van der Waals surface area contributed by atoms with Crippen LogP contribution >= 0.6 is 0 Å². The number of carbonyl (C=O) groups is 3. The molecular weight excluding hydrogens is 438 g/mol. The summed E-state index contributed by atoms with van der Waals surface area (Å²) < 4.78 is 16.8. The quantitative estimate of drug-likeness (QED) is 0.638. The van der Waals surface area contributed by atoms with Crippen molar-refractivity contribution < 1.29 is 28.6 Å². The van der Waals surface area contributed by atoms with Gasteiger partial charge in [-0.05, 0) is 24.3 Å². The predicted molar refractivity (Wildman–Crippen MR) is 125 cm³/mol. The molecule has 3 aliphatic heterocycles. The van der Waals surface area contributed by atoms with E-state index in [0.29, 0.717) is 35.1 Å². The van der Waals surface area contributed by atoms with E-state index in [9.17, 15) is 14.4 Å². The van der Waals surface area contributed by atoms with E-state index in [1.165, 1.54) is 21.1 Å². The van der Waals surface area contributed by atoms with Gasteiger partial charge in [0.15, 0.2) is 0 Å². The maximum absolute atomic E-state index is 13.5. The molecule has 9 nitrogen and oxygen atoms in total. The fourth-order valence-corrected chi connectivity index (χ4v) is 5.05. The van der Waals surface area contributed by atoms with Gasteiger partial charge in [0.25, 0.3) is 0 Å². The Bertz CT molecular complexity index is 1170. The van der Waals surface area contributed by atoms with Gasteiger partial charge >= 0.3 is 0 Å². The van der Waals surface area contributed by atoms with Crippen molar-refractivity contribution in [1.82, 2.24) is 0 Å². The van der Waals surface area contributed by atoms with Crippen LogP contribution in [0.2, 0.25) is 0 Å². The van der Waals surface area contributed by atoms with E-state index < -0.39 is 23.5 Å². The standard InChI is InChI=1S/C25H25N3O6/c1-14(29)26-15-4-6-17(7-5-15)28-13-25-9-8-20(34-25)21(22(25)24(28)31)23(30)27-16-10-18(32-2)12-19(11-16)33-3/h4-12,20-22H,13H2,1-3H3,(H,26,29)(H,27,30)/t20-,21+,22-,25-/m0/s1. The number of fused-ring (bicyclic) bond motifs is 1. The summed E-state index contributed by atoms with van der Waals surface area (Å²) >= 11 is 0. The summed E-state index contributed by atoms with van der Waals surface area (Å²) in [5.74, 6) is -0.850. The van der Waals surface area contributed by atoms with E-state index in [1.807, 2.05) is 12.2 Å². The molecule has 0 aromatic heterocycles. The first kappa shape index (κ1) is 22.0. The van der Waals surface area contributed by atoms with Crippen molar-refractivity contribution >= 4 is 34.8 Å². The molecule has 3 heterocycles. The molecule has 3 amide bonds. The van der Waals surface area contributed by atoms with Crippen molar-refractivity contribution in [2.24, 2.45) is 11.8 Å². The highest BCUT2D eigenvalue weighted by Gasteiger charge is 2.67. The predicted octanol–water partition coefficient (Wildman–Crippen LogP) is 2.59. The monoisotopic (exact) mass is 463 g/mol. The van der Waals surface area contributed by atoms with Gasteiger partial charge in [-0.2, -0.15) is 0 Å². The highest BCUT2D eigenvalue weighted by Crippen LogP contribution is 2.53. The lowest BCUT2D eigenvalue weighted by molar-refractivity contribution is -0.128. The maximum atomic E-state index is 13.5. The Morgan fingerprint density at radius 2 is 1.71 bits per heavy atom. The number of carbonyl (C=O) groups excluding carboxylic acids is 3. The van der Waals surface area contributed by atoms with Crippen LogP contribution in [0.15, 0.2) is 54.6 Å². The van der Waals surface area contributed by atoms with Gasteiger partial charge in [0.1, 0.15) is 17.1 Å². The molecule has 9 heteroatoms. The Morgan fingerprint density at radius 1 is 1.03 bits per heavy atom. The smallest absolute Gasteiger partial charge is 0.234 e. The normalized spacial score (nSPS) is 26.4. The Morgan fingerprint density at radius 3 is 2.32 bits per heavy atom. The average molecular weight is 463 g/mol. The Balaban J connectivity index is 1.38. The average Bonchev–Trinajstić information content (AvgIpc) is 3.47. The maximum Gasteiger partial charge on any atom is 0.234 e. The molecule has 2 bridgehead atoms. The second kappa shape index (κ2) is 8.18. The zero-order valence-electron chi connectivity index (χ0n) is 19.0. The topological polar surface area (TPSA) is 106 Å². The van der Waals surface area contributed by atoms with E-state index in [0.717, 1.165) is 0 Å². The summed E-state index contributed by atoms with van der Waals surface area (Å²) in [6, 6.07) is 12.1. The summed E-state index contributed by atoms with van der Waals surface area (Å²) in [5.41, 5.74) is 0.994. The molecule has 1 spiro atoms. The molecule has 2 fully saturated rings. The molecule has 34 heavy (non-hydrogen) atoms. The highest BCUT2D eigenvalue weighted by atomic mass is 16.5. The number of anilines is 3. The Kier molecular flexibility index (Phi) is 5.28. The molecule has 0 radical (unpaired) electrons. The molecule has 0 aliphatic carbocycles. The van der Waals surface area contributed by atoms with Gasteiger partial charge in [-0.1, -0.05) is 12.2 Å². The van der Waals surface area contributed by atoms with Crippen LogP contribution in [0.4, 0.5) is 17.1 Å². The van der Waals surface area contributed by atoms with Crippen LogP contribution in [-0.2, 0) is 19.1 Å². The lowest BCUT2D eigenvalue weighted by Crippen LogP contribution is -2.41. The van der Waals surface area contributed by atoms with Gasteiger partial charge in [-0.25, -0.2) is 0 Å². The second-order valence-electron chi connectivity index (χ2n) is 8.64. The molecule has 5 rings (SSSR count). The molecule has 176 valence electrons. The minimum Gasteiger partial charge on any atom is -0.497 e. The summed E-state index contributed by atoms with van der Waals surface area (Å²) in [6.07, 6.45) is 3.30. The first-order valence-corrected chi connectivity index (χ1v) is 10.9. The van der Waals surface area contributed by atoms with Gasteiger partial charge < -0.3 is 29.7 Å². The summed E-state index contributed by atoms with van der Waals surface area (Å²) in [7, 11) is 3.07. The molecule has 3 aliphatic rings. The third-order valence-electron chi connectivity index (χ3n) is 6.52. The van der Waals surface area contributed by atoms with Crippen LogP contribution in [0, 0.1) is 11.8 Å². The van der Waals surface area contributed by atoms with E-state index in [2.05, 4.69) is 10.6 Å². The lowest BCUT2D eigenvalue weighted by Gasteiger charge is -2.23.